The molecule has 0 unspecified atom stereocenters. The molecular formula is C22H20FN5O4. The Bertz CT molecular complexity index is 1160. The number of anilines is 1. The molecule has 32 heavy (non-hydrogen) atoms. The summed E-state index contributed by atoms with van der Waals surface area (Å²) in [5, 5.41) is 11.0. The Kier molecular flexibility index (Phi) is 5.93. The molecule has 4 rings (SSSR count). The van der Waals surface area contributed by atoms with Crippen LogP contribution in [0.3, 0.4) is 0 Å². The standard InChI is InChI=1S/C22H20FN5O4/c1-15-13-26(9-10-27(15)22(29)16-5-4-6-17(11-16)28(30)31)20-12-21(25-14-24-20)32-19-8-3-2-7-18(19)23/h2-8,11-12,14-15H,9-10,13H2,1H3/t15-/m0/s1. The largest absolute Gasteiger partial charge is 0.436 e. The van der Waals surface area contributed by atoms with Crippen molar-refractivity contribution >= 4 is 17.4 Å². The summed E-state index contributed by atoms with van der Waals surface area (Å²) >= 11 is 0. The van der Waals surface area contributed by atoms with Crippen molar-refractivity contribution < 1.29 is 18.8 Å². The first kappa shape index (κ1) is 21.2. The van der Waals surface area contributed by atoms with E-state index in [2.05, 4.69) is 9.97 Å². The molecule has 1 amide bonds. The van der Waals surface area contributed by atoms with Gasteiger partial charge in [-0.3, -0.25) is 14.9 Å². The third kappa shape index (κ3) is 4.48. The summed E-state index contributed by atoms with van der Waals surface area (Å²) in [5.41, 5.74) is 0.160. The first-order valence-electron chi connectivity index (χ1n) is 9.97. The van der Waals surface area contributed by atoms with Crippen LogP contribution in [-0.4, -0.2) is 51.4 Å². The Labute approximate surface area is 183 Å². The number of ether oxygens (including phenoxy) is 1. The van der Waals surface area contributed by atoms with Crippen LogP contribution in [0.25, 0.3) is 0 Å². The van der Waals surface area contributed by atoms with Gasteiger partial charge in [-0.1, -0.05) is 18.2 Å². The maximum atomic E-state index is 13.9. The molecule has 1 atom stereocenters. The van der Waals surface area contributed by atoms with Crippen LogP contribution in [0.5, 0.6) is 11.6 Å². The second-order valence-electron chi connectivity index (χ2n) is 7.35. The molecular weight excluding hydrogens is 417 g/mol. The van der Waals surface area contributed by atoms with E-state index in [0.717, 1.165) is 0 Å². The lowest BCUT2D eigenvalue weighted by Gasteiger charge is -2.40. The summed E-state index contributed by atoms with van der Waals surface area (Å²) in [7, 11) is 0. The Morgan fingerprint density at radius 1 is 1.16 bits per heavy atom. The summed E-state index contributed by atoms with van der Waals surface area (Å²) < 4.78 is 19.4. The lowest BCUT2D eigenvalue weighted by molar-refractivity contribution is -0.384. The summed E-state index contributed by atoms with van der Waals surface area (Å²) in [4.78, 5) is 35.4. The molecule has 3 aromatic rings. The number of carbonyl (C=O) groups is 1. The summed E-state index contributed by atoms with van der Waals surface area (Å²) in [6.45, 7) is 3.31. The van der Waals surface area contributed by atoms with Gasteiger partial charge < -0.3 is 14.5 Å². The normalized spacial score (nSPS) is 16.0. The third-order valence-electron chi connectivity index (χ3n) is 5.20. The first-order valence-corrected chi connectivity index (χ1v) is 9.97. The predicted octanol–water partition coefficient (Wildman–Crippen LogP) is 3.67. The number of aromatic nitrogens is 2. The SMILES string of the molecule is C[C@H]1CN(c2cc(Oc3ccccc3F)ncn2)CCN1C(=O)c1cccc([N+](=O)[O-])c1. The van der Waals surface area contributed by atoms with Gasteiger partial charge in [0.25, 0.3) is 11.6 Å². The maximum absolute atomic E-state index is 13.9. The smallest absolute Gasteiger partial charge is 0.270 e. The second kappa shape index (κ2) is 8.96. The molecule has 2 aromatic carbocycles. The first-order chi connectivity index (χ1) is 15.4. The highest BCUT2D eigenvalue weighted by molar-refractivity contribution is 5.95. The number of carbonyl (C=O) groups excluding carboxylic acids is 1. The highest BCUT2D eigenvalue weighted by Crippen LogP contribution is 2.26. The van der Waals surface area contributed by atoms with Gasteiger partial charge in [0.1, 0.15) is 12.1 Å². The number of rotatable bonds is 5. The fourth-order valence-electron chi connectivity index (χ4n) is 3.58. The van der Waals surface area contributed by atoms with Crippen molar-refractivity contribution in [1.29, 1.82) is 0 Å². The molecule has 1 aliphatic rings. The van der Waals surface area contributed by atoms with Gasteiger partial charge in [-0.05, 0) is 25.1 Å². The van der Waals surface area contributed by atoms with E-state index in [-0.39, 0.29) is 34.8 Å². The van der Waals surface area contributed by atoms with Crippen molar-refractivity contribution in [2.24, 2.45) is 0 Å². The molecule has 164 valence electrons. The Balaban J connectivity index is 1.45. The zero-order valence-corrected chi connectivity index (χ0v) is 17.2. The van der Waals surface area contributed by atoms with E-state index < -0.39 is 10.7 Å². The van der Waals surface area contributed by atoms with Gasteiger partial charge in [0, 0.05) is 49.4 Å². The molecule has 0 spiro atoms. The van der Waals surface area contributed by atoms with Crippen molar-refractivity contribution in [2.75, 3.05) is 24.5 Å². The highest BCUT2D eigenvalue weighted by atomic mass is 19.1. The average molecular weight is 437 g/mol. The number of benzene rings is 2. The van der Waals surface area contributed by atoms with Crippen LogP contribution in [0.1, 0.15) is 17.3 Å². The monoisotopic (exact) mass is 437 g/mol. The number of nitro benzene ring substituents is 1. The maximum Gasteiger partial charge on any atom is 0.270 e. The molecule has 0 bridgehead atoms. The van der Waals surface area contributed by atoms with Gasteiger partial charge in [-0.25, -0.2) is 14.4 Å². The number of amides is 1. The topological polar surface area (TPSA) is 102 Å². The van der Waals surface area contributed by atoms with E-state index in [1.54, 1.807) is 29.2 Å². The van der Waals surface area contributed by atoms with Crippen molar-refractivity contribution in [3.63, 3.8) is 0 Å². The van der Waals surface area contributed by atoms with Crippen molar-refractivity contribution in [1.82, 2.24) is 14.9 Å². The van der Waals surface area contributed by atoms with Crippen molar-refractivity contribution in [2.45, 2.75) is 13.0 Å². The molecule has 0 aliphatic carbocycles. The minimum Gasteiger partial charge on any atom is -0.436 e. The second-order valence-corrected chi connectivity index (χ2v) is 7.35. The number of halogens is 1. The minimum absolute atomic E-state index is 0.0675. The van der Waals surface area contributed by atoms with Gasteiger partial charge >= 0.3 is 0 Å². The molecule has 1 saturated heterocycles. The van der Waals surface area contributed by atoms with Gasteiger partial charge in [0.05, 0.1) is 4.92 Å². The van der Waals surface area contributed by atoms with Crippen LogP contribution in [0.2, 0.25) is 0 Å². The molecule has 10 heteroatoms. The van der Waals surface area contributed by atoms with Crippen LogP contribution < -0.4 is 9.64 Å². The number of nitro groups is 1. The number of nitrogens with zero attached hydrogens (tertiary/aromatic N) is 5. The molecule has 2 heterocycles. The quantitative estimate of drug-likeness (QED) is 0.443. The summed E-state index contributed by atoms with van der Waals surface area (Å²) in [5.74, 6) is 0.128. The van der Waals surface area contributed by atoms with Crippen molar-refractivity contribution in [3.8, 4) is 11.6 Å². The zero-order valence-electron chi connectivity index (χ0n) is 17.2. The lowest BCUT2D eigenvalue weighted by atomic mass is 10.1. The Morgan fingerprint density at radius 2 is 1.97 bits per heavy atom. The highest BCUT2D eigenvalue weighted by Gasteiger charge is 2.29. The van der Waals surface area contributed by atoms with E-state index in [0.29, 0.717) is 25.5 Å². The van der Waals surface area contributed by atoms with Crippen LogP contribution in [0.15, 0.2) is 60.9 Å². The van der Waals surface area contributed by atoms with Gasteiger partial charge in [-0.15, -0.1) is 0 Å². The van der Waals surface area contributed by atoms with Crippen molar-refractivity contribution in [3.05, 3.63) is 82.4 Å². The molecule has 0 N–H and O–H groups in total. The van der Waals surface area contributed by atoms with Gasteiger partial charge in [-0.2, -0.15) is 0 Å². The third-order valence-corrected chi connectivity index (χ3v) is 5.20. The van der Waals surface area contributed by atoms with Crippen LogP contribution in [-0.2, 0) is 0 Å². The number of para-hydroxylation sites is 1. The van der Waals surface area contributed by atoms with Crippen LogP contribution in [0.4, 0.5) is 15.9 Å². The fourth-order valence-corrected chi connectivity index (χ4v) is 3.58. The molecule has 1 aliphatic heterocycles. The van der Waals surface area contributed by atoms with Gasteiger partial charge in [0.15, 0.2) is 11.6 Å². The Hall–Kier alpha value is -4.08. The molecule has 0 saturated carbocycles. The number of piperazine rings is 1. The Morgan fingerprint density at radius 3 is 2.72 bits per heavy atom. The van der Waals surface area contributed by atoms with E-state index in [4.69, 9.17) is 4.74 Å². The summed E-state index contributed by atoms with van der Waals surface area (Å²) in [6.07, 6.45) is 1.34. The van der Waals surface area contributed by atoms with Crippen LogP contribution in [0, 0.1) is 15.9 Å². The number of non-ortho nitro benzene ring substituents is 1. The number of hydrogen-bond donors (Lipinski definition) is 0. The average Bonchev–Trinajstić information content (AvgIpc) is 2.80. The molecule has 0 radical (unpaired) electrons. The van der Waals surface area contributed by atoms with E-state index in [9.17, 15) is 19.3 Å². The predicted molar refractivity (Wildman–Crippen MR) is 114 cm³/mol. The molecule has 1 aromatic heterocycles. The molecule has 1 fully saturated rings. The fraction of sp³-hybridized carbons (Fsp3) is 0.227. The molecule has 9 nitrogen and oxygen atoms in total. The summed E-state index contributed by atoms with van der Waals surface area (Å²) in [6, 6.07) is 13.2. The number of hydrogen-bond acceptors (Lipinski definition) is 7. The van der Waals surface area contributed by atoms with Crippen LogP contribution >= 0.6 is 0 Å². The zero-order chi connectivity index (χ0) is 22.7. The minimum atomic E-state index is -0.520. The lowest BCUT2D eigenvalue weighted by Crippen LogP contribution is -2.54. The van der Waals surface area contributed by atoms with E-state index in [1.165, 1.54) is 36.7 Å². The van der Waals surface area contributed by atoms with Gasteiger partial charge in [0.2, 0.25) is 5.88 Å². The van der Waals surface area contributed by atoms with E-state index in [1.807, 2.05) is 11.8 Å². The van der Waals surface area contributed by atoms with E-state index >= 15 is 0 Å².